The minimum Gasteiger partial charge on any atom is -0.0652 e. The van der Waals surface area contributed by atoms with Crippen LogP contribution >= 0.6 is 0 Å². The lowest BCUT2D eigenvalue weighted by Gasteiger charge is -2.17. The fourth-order valence-electron chi connectivity index (χ4n) is 4.56. The Morgan fingerprint density at radius 3 is 1.50 bits per heavy atom. The van der Waals surface area contributed by atoms with E-state index in [1.807, 2.05) is 0 Å². The topological polar surface area (TPSA) is 0 Å². The molecule has 0 heterocycles. The minimum atomic E-state index is 0.647. The third kappa shape index (κ3) is 2.75. The average molecular weight is 314 g/mol. The normalized spacial score (nSPS) is 21.2. The van der Waals surface area contributed by atoms with Crippen molar-refractivity contribution in [1.82, 2.24) is 0 Å². The molecule has 0 aliphatic heterocycles. The van der Waals surface area contributed by atoms with Crippen molar-refractivity contribution < 1.29 is 0 Å². The Kier molecular flexibility index (Phi) is 4.14. The van der Waals surface area contributed by atoms with Crippen LogP contribution in [0.3, 0.4) is 0 Å². The van der Waals surface area contributed by atoms with Crippen LogP contribution in [0.5, 0.6) is 0 Å². The summed E-state index contributed by atoms with van der Waals surface area (Å²) in [6, 6.07) is 17.8. The summed E-state index contributed by atoms with van der Waals surface area (Å²) in [5.74, 6) is 1.29. The van der Waals surface area contributed by atoms with Gasteiger partial charge in [0.1, 0.15) is 0 Å². The van der Waals surface area contributed by atoms with E-state index in [0.29, 0.717) is 11.8 Å². The molecule has 0 N–H and O–H groups in total. The third-order valence-corrected chi connectivity index (χ3v) is 5.84. The zero-order chi connectivity index (χ0) is 16.5. The molecule has 2 aromatic carbocycles. The quantitative estimate of drug-likeness (QED) is 0.524. The molecule has 0 nitrogen and oxygen atoms in total. The first-order chi connectivity index (χ1) is 11.7. The molecule has 0 amide bonds. The van der Waals surface area contributed by atoms with Gasteiger partial charge in [-0.05, 0) is 48.9 Å². The lowest BCUT2D eigenvalue weighted by Crippen LogP contribution is -2.00. The predicted octanol–water partition coefficient (Wildman–Crippen LogP) is 6.95. The van der Waals surface area contributed by atoms with Crippen LogP contribution in [-0.4, -0.2) is 0 Å². The first-order valence-corrected chi connectivity index (χ1v) is 9.28. The molecule has 0 aromatic heterocycles. The summed E-state index contributed by atoms with van der Waals surface area (Å²) in [4.78, 5) is 0. The molecule has 122 valence electrons. The number of hydrogen-bond donors (Lipinski definition) is 0. The van der Waals surface area contributed by atoms with E-state index in [1.54, 1.807) is 11.1 Å². The second kappa shape index (κ2) is 6.43. The van der Waals surface area contributed by atoms with Gasteiger partial charge >= 0.3 is 0 Å². The predicted molar refractivity (Wildman–Crippen MR) is 104 cm³/mol. The minimum absolute atomic E-state index is 0.647. The van der Waals surface area contributed by atoms with Crippen LogP contribution in [0.15, 0.2) is 59.7 Å². The molecule has 2 atom stereocenters. The zero-order valence-electron chi connectivity index (χ0n) is 14.8. The van der Waals surface area contributed by atoms with Crippen LogP contribution in [0.25, 0.3) is 12.2 Å². The van der Waals surface area contributed by atoms with Crippen molar-refractivity contribution in [2.24, 2.45) is 0 Å². The molecule has 0 spiro atoms. The highest BCUT2D eigenvalue weighted by Crippen LogP contribution is 2.41. The Balaban J connectivity index is 1.35. The number of hydrogen-bond acceptors (Lipinski definition) is 0. The van der Waals surface area contributed by atoms with E-state index in [2.05, 4.69) is 74.5 Å². The van der Waals surface area contributed by atoms with Crippen LogP contribution in [-0.2, 0) is 0 Å². The molecule has 2 unspecified atom stereocenters. The van der Waals surface area contributed by atoms with E-state index < -0.39 is 0 Å². The summed E-state index contributed by atoms with van der Waals surface area (Å²) in [7, 11) is 0. The molecule has 4 rings (SSSR count). The highest BCUT2D eigenvalue weighted by Gasteiger charge is 2.23. The number of unbranched alkanes of at least 4 members (excludes halogenated alkanes) is 1. The summed E-state index contributed by atoms with van der Waals surface area (Å²) in [6.07, 6.45) is 9.96. The standard InChI is InChI=1S/C24H26/c1-17-15-19-9-3-5-13-23(19)21(17)11-7-8-12-22-18(2)16-20-10-4-6-14-24(20)22/h3-6,9-10,13-16,21-22H,7-8,11-12H2,1-2H3. The molecular formula is C24H26. The highest BCUT2D eigenvalue weighted by atomic mass is 14.3. The Morgan fingerprint density at radius 2 is 1.04 bits per heavy atom. The SMILES string of the molecule is CC1=Cc2ccccc2C1CCCCC1C(C)=Cc2ccccc21. The van der Waals surface area contributed by atoms with Crippen molar-refractivity contribution in [3.63, 3.8) is 0 Å². The van der Waals surface area contributed by atoms with Crippen LogP contribution in [0.1, 0.15) is 73.6 Å². The Labute approximate surface area is 145 Å². The van der Waals surface area contributed by atoms with Gasteiger partial charge in [0.25, 0.3) is 0 Å². The summed E-state index contributed by atoms with van der Waals surface area (Å²) in [5, 5.41) is 0. The molecule has 0 saturated heterocycles. The monoisotopic (exact) mass is 314 g/mol. The van der Waals surface area contributed by atoms with Gasteiger partial charge < -0.3 is 0 Å². The summed E-state index contributed by atoms with van der Waals surface area (Å²) < 4.78 is 0. The molecule has 0 fully saturated rings. The number of rotatable bonds is 5. The van der Waals surface area contributed by atoms with Crippen molar-refractivity contribution >= 4 is 12.2 Å². The van der Waals surface area contributed by atoms with Gasteiger partial charge in [-0.1, -0.05) is 84.7 Å². The molecule has 24 heavy (non-hydrogen) atoms. The molecule has 2 aromatic rings. The van der Waals surface area contributed by atoms with E-state index in [0.717, 1.165) is 0 Å². The van der Waals surface area contributed by atoms with Crippen LogP contribution < -0.4 is 0 Å². The first kappa shape index (κ1) is 15.4. The number of fused-ring (bicyclic) bond motifs is 2. The van der Waals surface area contributed by atoms with E-state index in [-0.39, 0.29) is 0 Å². The molecule has 2 aliphatic carbocycles. The second-order valence-electron chi connectivity index (χ2n) is 7.42. The van der Waals surface area contributed by atoms with Crippen molar-refractivity contribution in [2.45, 2.75) is 51.4 Å². The maximum Gasteiger partial charge on any atom is 0.00546 e. The molecular weight excluding hydrogens is 288 g/mol. The average Bonchev–Trinajstić information content (AvgIpc) is 3.08. The van der Waals surface area contributed by atoms with Crippen LogP contribution in [0.4, 0.5) is 0 Å². The molecule has 2 aliphatic rings. The maximum atomic E-state index is 2.38. The molecule has 0 saturated carbocycles. The second-order valence-corrected chi connectivity index (χ2v) is 7.42. The lowest BCUT2D eigenvalue weighted by molar-refractivity contribution is 0.575. The van der Waals surface area contributed by atoms with Crippen LogP contribution in [0.2, 0.25) is 0 Å². The van der Waals surface area contributed by atoms with E-state index in [1.165, 1.54) is 47.9 Å². The molecule has 0 heteroatoms. The highest BCUT2D eigenvalue weighted by molar-refractivity contribution is 5.66. The van der Waals surface area contributed by atoms with E-state index in [9.17, 15) is 0 Å². The zero-order valence-corrected chi connectivity index (χ0v) is 14.8. The van der Waals surface area contributed by atoms with Crippen LogP contribution in [0, 0.1) is 0 Å². The van der Waals surface area contributed by atoms with Crippen molar-refractivity contribution in [2.75, 3.05) is 0 Å². The van der Waals surface area contributed by atoms with Gasteiger partial charge in [-0.3, -0.25) is 0 Å². The Morgan fingerprint density at radius 1 is 0.625 bits per heavy atom. The Hall–Kier alpha value is -2.08. The summed E-state index contributed by atoms with van der Waals surface area (Å²) in [6.45, 7) is 4.59. The van der Waals surface area contributed by atoms with Gasteiger partial charge in [-0.25, -0.2) is 0 Å². The maximum absolute atomic E-state index is 2.38. The van der Waals surface area contributed by atoms with E-state index in [4.69, 9.17) is 0 Å². The largest absolute Gasteiger partial charge is 0.0652 e. The van der Waals surface area contributed by atoms with Gasteiger partial charge in [-0.2, -0.15) is 0 Å². The third-order valence-electron chi connectivity index (χ3n) is 5.84. The first-order valence-electron chi connectivity index (χ1n) is 9.28. The smallest absolute Gasteiger partial charge is 0.00546 e. The van der Waals surface area contributed by atoms with Gasteiger partial charge in [0.2, 0.25) is 0 Å². The number of benzene rings is 2. The van der Waals surface area contributed by atoms with Crippen molar-refractivity contribution in [1.29, 1.82) is 0 Å². The van der Waals surface area contributed by atoms with Gasteiger partial charge in [0.15, 0.2) is 0 Å². The lowest BCUT2D eigenvalue weighted by atomic mass is 9.87. The summed E-state index contributed by atoms with van der Waals surface area (Å²) >= 11 is 0. The van der Waals surface area contributed by atoms with Crippen molar-refractivity contribution in [3.05, 3.63) is 81.9 Å². The van der Waals surface area contributed by atoms with E-state index >= 15 is 0 Å². The fourth-order valence-corrected chi connectivity index (χ4v) is 4.56. The van der Waals surface area contributed by atoms with Gasteiger partial charge in [-0.15, -0.1) is 0 Å². The Bertz CT molecular complexity index is 737. The molecule has 0 bridgehead atoms. The summed E-state index contributed by atoms with van der Waals surface area (Å²) in [5.41, 5.74) is 9.03. The fraction of sp³-hybridized carbons (Fsp3) is 0.333. The number of allylic oxidation sites excluding steroid dienone is 2. The van der Waals surface area contributed by atoms with Gasteiger partial charge in [0, 0.05) is 11.8 Å². The van der Waals surface area contributed by atoms with Crippen molar-refractivity contribution in [3.8, 4) is 0 Å². The molecule has 0 radical (unpaired) electrons. The van der Waals surface area contributed by atoms with Gasteiger partial charge in [0.05, 0.1) is 0 Å².